The van der Waals surface area contributed by atoms with E-state index in [1.54, 1.807) is 6.92 Å². The quantitative estimate of drug-likeness (QED) is 0.0387. The molecule has 0 aromatic heterocycles. The van der Waals surface area contributed by atoms with Gasteiger partial charge >= 0.3 is 0 Å². The zero-order valence-electron chi connectivity index (χ0n) is 32.4. The number of hydrogen-bond acceptors (Lipinski definition) is 4. The van der Waals surface area contributed by atoms with Gasteiger partial charge in [-0.2, -0.15) is 0 Å². The van der Waals surface area contributed by atoms with Crippen LogP contribution < -0.4 is 10.6 Å². The largest absolute Gasteiger partial charge is 0.389 e. The Hall–Kier alpha value is -1.84. The molecule has 2 N–H and O–H groups in total. The minimum absolute atomic E-state index is 0.0750. The Morgan fingerprint density at radius 2 is 0.896 bits per heavy atom. The molecule has 0 radical (unpaired) electrons. The van der Waals surface area contributed by atoms with Crippen LogP contribution in [-0.2, 0) is 9.59 Å². The molecule has 0 aromatic carbocycles. The van der Waals surface area contributed by atoms with E-state index in [1.807, 2.05) is 0 Å². The monoisotopic (exact) mass is 671 g/mol. The second-order valence-corrected chi connectivity index (χ2v) is 14.8. The van der Waals surface area contributed by atoms with Crippen molar-refractivity contribution in [3.05, 3.63) is 36.7 Å². The lowest BCUT2D eigenvalue weighted by atomic mass is 10.0. The zero-order valence-corrected chi connectivity index (χ0v) is 32.4. The number of aldehydes is 1. The van der Waals surface area contributed by atoms with Crippen molar-refractivity contribution >= 4 is 12.1 Å². The van der Waals surface area contributed by atoms with Gasteiger partial charge in [-0.3, -0.25) is 0 Å². The molecule has 0 aromatic rings. The van der Waals surface area contributed by atoms with Crippen molar-refractivity contribution in [3.63, 3.8) is 0 Å². The van der Waals surface area contributed by atoms with Crippen LogP contribution in [0, 0.1) is 0 Å². The molecule has 4 heteroatoms. The van der Waals surface area contributed by atoms with Crippen LogP contribution in [0.2, 0.25) is 0 Å². The number of carbonyl (C=O) groups excluding carboxylic acids is 2. The lowest BCUT2D eigenvalue weighted by Gasteiger charge is -2.16. The highest BCUT2D eigenvalue weighted by Gasteiger charge is 2.08. The summed E-state index contributed by atoms with van der Waals surface area (Å²) in [5, 5.41) is 6.88. The number of Topliss-reactive ketones (excluding diaryl/α,β-unsaturated/α-hetero) is 1. The van der Waals surface area contributed by atoms with Crippen molar-refractivity contribution in [2.24, 2.45) is 0 Å². The van der Waals surface area contributed by atoms with Crippen LogP contribution in [0.3, 0.4) is 0 Å². The highest BCUT2D eigenvalue weighted by molar-refractivity contribution is 5.75. The Balaban J connectivity index is 3.46. The van der Waals surface area contributed by atoms with Crippen molar-refractivity contribution in [3.8, 4) is 0 Å². The number of ketones is 1. The molecule has 4 nitrogen and oxygen atoms in total. The van der Waals surface area contributed by atoms with E-state index in [0.717, 1.165) is 63.5 Å². The third-order valence-corrected chi connectivity index (χ3v) is 9.89. The SMILES string of the molecule is C=C(CC)CCCCCCCCCCCCCCCCC(=C)NC(C=O)CCCCCCCCCC(=C)NCCCCCCCC(C)=O. The maximum absolute atomic E-state index is 11.6. The lowest BCUT2D eigenvalue weighted by Crippen LogP contribution is -2.29. The molecule has 0 bridgehead atoms. The van der Waals surface area contributed by atoms with Gasteiger partial charge in [-0.05, 0) is 71.1 Å². The molecule has 0 saturated carbocycles. The van der Waals surface area contributed by atoms with E-state index in [4.69, 9.17) is 0 Å². The minimum Gasteiger partial charge on any atom is -0.389 e. The number of carbonyl (C=O) groups is 2. The molecular formula is C44H82N2O2. The van der Waals surface area contributed by atoms with E-state index in [9.17, 15) is 9.59 Å². The molecule has 0 saturated heterocycles. The molecule has 0 fully saturated rings. The maximum Gasteiger partial charge on any atom is 0.142 e. The van der Waals surface area contributed by atoms with Gasteiger partial charge in [0.1, 0.15) is 12.1 Å². The molecule has 0 aliphatic rings. The molecule has 1 unspecified atom stereocenters. The van der Waals surface area contributed by atoms with Crippen molar-refractivity contribution < 1.29 is 9.59 Å². The van der Waals surface area contributed by atoms with E-state index in [-0.39, 0.29) is 6.04 Å². The van der Waals surface area contributed by atoms with Crippen LogP contribution in [0.1, 0.15) is 219 Å². The van der Waals surface area contributed by atoms with Crippen LogP contribution >= 0.6 is 0 Å². The molecule has 48 heavy (non-hydrogen) atoms. The molecule has 0 heterocycles. The topological polar surface area (TPSA) is 58.2 Å². The average molecular weight is 671 g/mol. The Labute approximate surface area is 300 Å². The summed E-state index contributed by atoms with van der Waals surface area (Å²) in [7, 11) is 0. The third kappa shape index (κ3) is 35.5. The van der Waals surface area contributed by atoms with Gasteiger partial charge in [-0.25, -0.2) is 0 Å². The van der Waals surface area contributed by atoms with Gasteiger partial charge in [0.25, 0.3) is 0 Å². The average Bonchev–Trinajstić information content (AvgIpc) is 3.07. The molecule has 0 aliphatic carbocycles. The fourth-order valence-corrected chi connectivity index (χ4v) is 6.49. The van der Waals surface area contributed by atoms with Crippen molar-refractivity contribution in [1.29, 1.82) is 0 Å². The summed E-state index contributed by atoms with van der Waals surface area (Å²) >= 11 is 0. The van der Waals surface area contributed by atoms with Crippen molar-refractivity contribution in [2.75, 3.05) is 6.54 Å². The van der Waals surface area contributed by atoms with Crippen molar-refractivity contribution in [1.82, 2.24) is 10.6 Å². The van der Waals surface area contributed by atoms with Gasteiger partial charge in [0, 0.05) is 24.4 Å². The van der Waals surface area contributed by atoms with Gasteiger partial charge in [0.2, 0.25) is 0 Å². The zero-order chi connectivity index (χ0) is 35.3. The minimum atomic E-state index is -0.0750. The van der Waals surface area contributed by atoms with E-state index in [0.29, 0.717) is 5.78 Å². The summed E-state index contributed by atoms with van der Waals surface area (Å²) in [6, 6.07) is -0.0750. The first-order valence-corrected chi connectivity index (χ1v) is 20.9. The van der Waals surface area contributed by atoms with Crippen molar-refractivity contribution in [2.45, 2.75) is 225 Å². The van der Waals surface area contributed by atoms with Gasteiger partial charge in [0.05, 0.1) is 6.04 Å². The Morgan fingerprint density at radius 3 is 1.33 bits per heavy atom. The highest BCUT2D eigenvalue weighted by atomic mass is 16.1. The number of hydrogen-bond donors (Lipinski definition) is 2. The summed E-state index contributed by atoms with van der Waals surface area (Å²) < 4.78 is 0. The van der Waals surface area contributed by atoms with Crippen LogP contribution in [0.15, 0.2) is 36.7 Å². The Morgan fingerprint density at radius 1 is 0.521 bits per heavy atom. The second kappa shape index (κ2) is 36.4. The summed E-state index contributed by atoms with van der Waals surface area (Å²) in [4.78, 5) is 22.6. The molecule has 0 aliphatic heterocycles. The summed E-state index contributed by atoms with van der Waals surface area (Å²) in [5.74, 6) is 0.311. The van der Waals surface area contributed by atoms with Gasteiger partial charge in [-0.1, -0.05) is 167 Å². The lowest BCUT2D eigenvalue weighted by molar-refractivity contribution is -0.117. The highest BCUT2D eigenvalue weighted by Crippen LogP contribution is 2.17. The predicted octanol–water partition coefficient (Wildman–Crippen LogP) is 13.4. The van der Waals surface area contributed by atoms with Crippen LogP contribution in [0.4, 0.5) is 0 Å². The van der Waals surface area contributed by atoms with E-state index < -0.39 is 0 Å². The Bertz CT molecular complexity index is 789. The molecule has 1 atom stereocenters. The number of nitrogens with one attached hydrogen (secondary N) is 2. The second-order valence-electron chi connectivity index (χ2n) is 14.8. The smallest absolute Gasteiger partial charge is 0.142 e. The molecular weight excluding hydrogens is 588 g/mol. The van der Waals surface area contributed by atoms with E-state index >= 15 is 0 Å². The maximum atomic E-state index is 11.6. The summed E-state index contributed by atoms with van der Waals surface area (Å²) in [6.07, 6.45) is 40.8. The van der Waals surface area contributed by atoms with E-state index in [1.165, 1.54) is 172 Å². The predicted molar refractivity (Wildman–Crippen MR) is 213 cm³/mol. The molecule has 280 valence electrons. The molecule has 0 spiro atoms. The van der Waals surface area contributed by atoms with Gasteiger partial charge < -0.3 is 20.2 Å². The normalized spacial score (nSPS) is 11.7. The number of rotatable bonds is 40. The standard InChI is InChI=1S/C44H82N2O2/c1-6-40(2)33-27-21-16-13-11-9-7-8-10-12-14-17-23-29-35-42(4)46-44(39-47)37-31-25-19-15-18-22-28-34-41(3)45-38-32-26-20-24-30-36-43(5)48/h39,44-46H,2-4,6-38H2,1,5H3. The van der Waals surface area contributed by atoms with Gasteiger partial charge in [-0.15, -0.1) is 0 Å². The summed E-state index contributed by atoms with van der Waals surface area (Å²) in [5.41, 5.74) is 3.63. The molecule has 0 rings (SSSR count). The first kappa shape index (κ1) is 46.2. The first-order chi connectivity index (χ1) is 23.4. The third-order valence-electron chi connectivity index (χ3n) is 9.89. The van der Waals surface area contributed by atoms with Crippen LogP contribution in [0.5, 0.6) is 0 Å². The number of allylic oxidation sites excluding steroid dienone is 3. The number of unbranched alkanes of at least 4 members (excludes halogenated alkanes) is 23. The fraction of sp³-hybridized carbons (Fsp3) is 0.818. The fourth-order valence-electron chi connectivity index (χ4n) is 6.49. The first-order valence-electron chi connectivity index (χ1n) is 20.9. The Kier molecular flexibility index (Phi) is 35.0. The van der Waals surface area contributed by atoms with Gasteiger partial charge in [0.15, 0.2) is 0 Å². The summed E-state index contributed by atoms with van der Waals surface area (Å²) in [6.45, 7) is 17.4. The van der Waals surface area contributed by atoms with Crippen LogP contribution in [0.25, 0.3) is 0 Å². The van der Waals surface area contributed by atoms with E-state index in [2.05, 4.69) is 37.3 Å². The van der Waals surface area contributed by atoms with Crippen LogP contribution in [-0.4, -0.2) is 24.7 Å². The molecule has 0 amide bonds.